The molecule has 0 unspecified atom stereocenters. The number of benzene rings is 2. The van der Waals surface area contributed by atoms with Crippen LogP contribution in [0.3, 0.4) is 0 Å². The monoisotopic (exact) mass is 261 g/mol. The lowest BCUT2D eigenvalue weighted by molar-refractivity contribution is 0.868. The van der Waals surface area contributed by atoms with Crippen molar-refractivity contribution in [3.8, 4) is 16.9 Å². The molecule has 0 saturated carbocycles. The van der Waals surface area contributed by atoms with Gasteiger partial charge in [0.25, 0.3) is 0 Å². The van der Waals surface area contributed by atoms with E-state index in [4.69, 9.17) is 0 Å². The van der Waals surface area contributed by atoms with Crippen molar-refractivity contribution in [1.82, 2.24) is 9.78 Å². The van der Waals surface area contributed by atoms with Crippen molar-refractivity contribution in [3.63, 3.8) is 0 Å². The molecule has 0 spiro atoms. The van der Waals surface area contributed by atoms with Crippen LogP contribution in [0.5, 0.6) is 0 Å². The Bertz CT molecular complexity index is 694. The van der Waals surface area contributed by atoms with Gasteiger partial charge in [-0.15, -0.1) is 0 Å². The second-order valence-corrected chi connectivity index (χ2v) is 4.87. The van der Waals surface area contributed by atoms with Crippen LogP contribution < -0.4 is 0 Å². The fraction of sp³-hybridized carbons (Fsp3) is 0.111. The first-order chi connectivity index (χ1) is 9.78. The summed E-state index contributed by atoms with van der Waals surface area (Å²) < 4.78 is 2.00. The van der Waals surface area contributed by atoms with Crippen molar-refractivity contribution in [2.75, 3.05) is 0 Å². The highest BCUT2D eigenvalue weighted by Crippen LogP contribution is 2.23. The highest BCUT2D eigenvalue weighted by Gasteiger charge is 2.09. The summed E-state index contributed by atoms with van der Waals surface area (Å²) in [7, 11) is 0. The first kappa shape index (κ1) is 12.7. The topological polar surface area (TPSA) is 17.8 Å². The van der Waals surface area contributed by atoms with Crippen LogP contribution in [0.1, 0.15) is 11.3 Å². The third-order valence-electron chi connectivity index (χ3n) is 3.37. The Labute approximate surface area is 119 Å². The summed E-state index contributed by atoms with van der Waals surface area (Å²) in [5.74, 6) is 0. The van der Waals surface area contributed by atoms with Crippen molar-refractivity contribution in [2.45, 2.75) is 13.3 Å². The predicted molar refractivity (Wildman–Crippen MR) is 82.8 cm³/mol. The largest absolute Gasteiger partial charge is 0.233 e. The lowest BCUT2D eigenvalue weighted by atomic mass is 10.1. The molecular weight excluding hydrogens is 244 g/mol. The Kier molecular flexibility index (Phi) is 3.38. The van der Waals surface area contributed by atoms with Crippen LogP contribution in [0.25, 0.3) is 16.9 Å². The average Bonchev–Trinajstić information content (AvgIpc) is 2.90. The van der Waals surface area contributed by atoms with Crippen LogP contribution in [-0.4, -0.2) is 9.78 Å². The van der Waals surface area contributed by atoms with Crippen LogP contribution >= 0.6 is 0 Å². The summed E-state index contributed by atoms with van der Waals surface area (Å²) in [5.41, 5.74) is 5.62. The van der Waals surface area contributed by atoms with Gasteiger partial charge in [-0.2, -0.15) is 5.10 Å². The van der Waals surface area contributed by atoms with Gasteiger partial charge in [-0.1, -0.05) is 42.5 Å². The molecule has 0 aliphatic heterocycles. The van der Waals surface area contributed by atoms with Gasteiger partial charge in [0.15, 0.2) is 0 Å². The SMILES string of the molecule is [CH2]Cc1ccc(-n2nc(C)cc2-c2ccccc2)cc1. The van der Waals surface area contributed by atoms with Gasteiger partial charge in [-0.05, 0) is 44.0 Å². The normalized spacial score (nSPS) is 10.7. The number of aryl methyl sites for hydroxylation is 1. The third kappa shape index (κ3) is 2.37. The Hall–Kier alpha value is -2.35. The summed E-state index contributed by atoms with van der Waals surface area (Å²) in [6.07, 6.45) is 0.809. The molecule has 0 fully saturated rings. The number of hydrogen-bond donors (Lipinski definition) is 0. The highest BCUT2D eigenvalue weighted by molar-refractivity contribution is 5.62. The minimum atomic E-state index is 0.809. The maximum absolute atomic E-state index is 4.61. The predicted octanol–water partition coefficient (Wildman–Crippen LogP) is 4.22. The molecule has 20 heavy (non-hydrogen) atoms. The van der Waals surface area contributed by atoms with Crippen LogP contribution in [0.15, 0.2) is 60.7 Å². The van der Waals surface area contributed by atoms with E-state index < -0.39 is 0 Å². The van der Waals surface area contributed by atoms with Gasteiger partial charge in [0, 0.05) is 5.56 Å². The first-order valence-corrected chi connectivity index (χ1v) is 6.78. The molecule has 0 N–H and O–H groups in total. The zero-order valence-corrected chi connectivity index (χ0v) is 11.6. The van der Waals surface area contributed by atoms with Gasteiger partial charge < -0.3 is 0 Å². The standard InChI is InChI=1S/C18H17N2/c1-3-15-9-11-17(12-10-15)20-18(13-14(2)19-20)16-7-5-4-6-8-16/h4-13H,1,3H2,2H3. The molecule has 2 heteroatoms. The van der Waals surface area contributed by atoms with E-state index in [1.165, 1.54) is 11.1 Å². The van der Waals surface area contributed by atoms with E-state index >= 15 is 0 Å². The zero-order valence-electron chi connectivity index (χ0n) is 11.6. The lowest BCUT2D eigenvalue weighted by Gasteiger charge is -2.08. The van der Waals surface area contributed by atoms with E-state index in [2.05, 4.69) is 54.5 Å². The van der Waals surface area contributed by atoms with Gasteiger partial charge in [-0.25, -0.2) is 4.68 Å². The third-order valence-corrected chi connectivity index (χ3v) is 3.37. The van der Waals surface area contributed by atoms with Crippen LogP contribution in [0.4, 0.5) is 0 Å². The molecule has 3 rings (SSSR count). The minimum absolute atomic E-state index is 0.809. The molecule has 1 aromatic heterocycles. The summed E-state index contributed by atoms with van der Waals surface area (Å²) in [6.45, 7) is 5.93. The quantitative estimate of drug-likeness (QED) is 0.690. The van der Waals surface area contributed by atoms with Gasteiger partial charge in [-0.3, -0.25) is 0 Å². The minimum Gasteiger partial charge on any atom is -0.233 e. The van der Waals surface area contributed by atoms with E-state index in [1.54, 1.807) is 0 Å². The summed E-state index contributed by atoms with van der Waals surface area (Å²) in [5, 5.41) is 4.61. The Morgan fingerprint density at radius 2 is 1.70 bits per heavy atom. The summed E-state index contributed by atoms with van der Waals surface area (Å²) in [6, 6.07) is 20.9. The first-order valence-electron chi connectivity index (χ1n) is 6.78. The van der Waals surface area contributed by atoms with E-state index in [0.29, 0.717) is 0 Å². The number of rotatable bonds is 3. The Balaban J connectivity index is 2.09. The van der Waals surface area contributed by atoms with Crippen molar-refractivity contribution in [3.05, 3.63) is 78.8 Å². The molecule has 99 valence electrons. The summed E-state index contributed by atoms with van der Waals surface area (Å²) >= 11 is 0. The molecule has 0 aliphatic rings. The molecule has 2 aromatic carbocycles. The summed E-state index contributed by atoms with van der Waals surface area (Å²) in [4.78, 5) is 0. The van der Waals surface area contributed by atoms with Crippen LogP contribution in [-0.2, 0) is 6.42 Å². The van der Waals surface area contributed by atoms with Crippen LogP contribution in [0, 0.1) is 13.8 Å². The van der Waals surface area contributed by atoms with Crippen molar-refractivity contribution in [2.24, 2.45) is 0 Å². The molecule has 0 bridgehead atoms. The second kappa shape index (κ2) is 5.33. The van der Waals surface area contributed by atoms with Gasteiger partial charge in [0.1, 0.15) is 0 Å². The Morgan fingerprint density at radius 1 is 1.00 bits per heavy atom. The molecule has 1 heterocycles. The molecule has 3 aromatic rings. The maximum atomic E-state index is 4.61. The molecule has 0 saturated heterocycles. The fourth-order valence-electron chi connectivity index (χ4n) is 2.31. The zero-order chi connectivity index (χ0) is 13.9. The molecule has 0 amide bonds. The van der Waals surface area contributed by atoms with Gasteiger partial charge in [0.2, 0.25) is 0 Å². The lowest BCUT2D eigenvalue weighted by Crippen LogP contribution is -1.99. The molecule has 0 aliphatic carbocycles. The fourth-order valence-corrected chi connectivity index (χ4v) is 2.31. The van der Waals surface area contributed by atoms with E-state index in [0.717, 1.165) is 23.5 Å². The van der Waals surface area contributed by atoms with Gasteiger partial charge in [0.05, 0.1) is 17.1 Å². The molecule has 1 radical (unpaired) electrons. The molecular formula is C18H17N2. The van der Waals surface area contributed by atoms with Crippen molar-refractivity contribution in [1.29, 1.82) is 0 Å². The van der Waals surface area contributed by atoms with Crippen molar-refractivity contribution < 1.29 is 0 Å². The second-order valence-electron chi connectivity index (χ2n) is 4.87. The average molecular weight is 261 g/mol. The Morgan fingerprint density at radius 3 is 2.35 bits per heavy atom. The number of nitrogens with zero attached hydrogens (tertiary/aromatic N) is 2. The highest BCUT2D eigenvalue weighted by atomic mass is 15.3. The number of aromatic nitrogens is 2. The maximum Gasteiger partial charge on any atom is 0.0743 e. The van der Waals surface area contributed by atoms with Crippen LogP contribution in [0.2, 0.25) is 0 Å². The number of hydrogen-bond acceptors (Lipinski definition) is 1. The van der Waals surface area contributed by atoms with Gasteiger partial charge >= 0.3 is 0 Å². The molecule has 2 nitrogen and oxygen atoms in total. The van der Waals surface area contributed by atoms with E-state index in [-0.39, 0.29) is 0 Å². The van der Waals surface area contributed by atoms with E-state index in [9.17, 15) is 0 Å². The van der Waals surface area contributed by atoms with Crippen molar-refractivity contribution >= 4 is 0 Å². The molecule has 0 atom stereocenters. The van der Waals surface area contributed by atoms with E-state index in [1.807, 2.05) is 29.8 Å². The smallest absolute Gasteiger partial charge is 0.0743 e.